The number of nitrogens with one attached hydrogen (secondary N) is 1. The molecule has 1 atom stereocenters. The van der Waals surface area contributed by atoms with Crippen LogP contribution in [0.25, 0.3) is 0 Å². The van der Waals surface area contributed by atoms with Crippen LogP contribution in [0, 0.1) is 5.82 Å². The van der Waals surface area contributed by atoms with Crippen molar-refractivity contribution in [3.8, 4) is 0 Å². The summed E-state index contributed by atoms with van der Waals surface area (Å²) in [6.45, 7) is 3.39. The highest BCUT2D eigenvalue weighted by atomic mass is 32.2. The topological polar surface area (TPSA) is 41.6 Å². The van der Waals surface area contributed by atoms with Crippen molar-refractivity contribution in [1.82, 2.24) is 10.2 Å². The Morgan fingerprint density at radius 1 is 1.22 bits per heavy atom. The second kappa shape index (κ2) is 9.88. The number of thioether (sulfide) groups is 1. The molecule has 2 aromatic carbocycles. The van der Waals surface area contributed by atoms with Crippen molar-refractivity contribution in [2.24, 2.45) is 0 Å². The normalized spacial score (nSPS) is 16.1. The predicted octanol–water partition coefficient (Wildman–Crippen LogP) is 3.49. The number of amides is 1. The first-order valence-electron chi connectivity index (χ1n) is 9.10. The second-order valence-electron chi connectivity index (χ2n) is 6.56. The van der Waals surface area contributed by atoms with Crippen LogP contribution in [0.3, 0.4) is 0 Å². The Bertz CT molecular complexity index is 748. The van der Waals surface area contributed by atoms with Gasteiger partial charge in [-0.05, 0) is 41.6 Å². The largest absolute Gasteiger partial charge is 0.379 e. The molecule has 1 unspecified atom stereocenters. The van der Waals surface area contributed by atoms with E-state index in [0.717, 1.165) is 30.0 Å². The summed E-state index contributed by atoms with van der Waals surface area (Å²) in [5.41, 5.74) is 2.80. The van der Waals surface area contributed by atoms with Crippen LogP contribution < -0.4 is 5.32 Å². The first-order chi connectivity index (χ1) is 13.2. The number of carbonyl (C=O) groups is 1. The van der Waals surface area contributed by atoms with E-state index >= 15 is 0 Å². The molecule has 2 aromatic rings. The van der Waals surface area contributed by atoms with E-state index in [1.165, 1.54) is 12.1 Å². The average molecular weight is 389 g/mol. The fourth-order valence-corrected chi connectivity index (χ4v) is 3.81. The molecule has 1 aliphatic heterocycles. The molecular weight excluding hydrogens is 363 g/mol. The van der Waals surface area contributed by atoms with E-state index in [9.17, 15) is 9.18 Å². The summed E-state index contributed by atoms with van der Waals surface area (Å²) < 4.78 is 18.8. The summed E-state index contributed by atoms with van der Waals surface area (Å²) in [5.74, 6) is 0.542. The first-order valence-corrected chi connectivity index (χ1v) is 10.5. The quantitative estimate of drug-likeness (QED) is 0.788. The zero-order chi connectivity index (χ0) is 19.1. The van der Waals surface area contributed by atoms with Gasteiger partial charge in [-0.3, -0.25) is 9.69 Å². The van der Waals surface area contributed by atoms with Gasteiger partial charge in [0.25, 0.3) is 5.91 Å². The molecule has 3 rings (SSSR count). The average Bonchev–Trinajstić information content (AvgIpc) is 2.70. The van der Waals surface area contributed by atoms with Gasteiger partial charge in [0.05, 0.1) is 19.3 Å². The van der Waals surface area contributed by atoms with Gasteiger partial charge in [0.15, 0.2) is 0 Å². The number of ether oxygens (including phenoxy) is 1. The summed E-state index contributed by atoms with van der Waals surface area (Å²) in [6, 6.07) is 14.2. The Hall–Kier alpha value is -1.89. The lowest BCUT2D eigenvalue weighted by Gasteiger charge is -2.35. The minimum atomic E-state index is -0.255. The van der Waals surface area contributed by atoms with E-state index < -0.39 is 0 Å². The lowest BCUT2D eigenvalue weighted by atomic mass is 10.0. The second-order valence-corrected chi connectivity index (χ2v) is 7.43. The molecule has 0 spiro atoms. The number of benzene rings is 2. The zero-order valence-electron chi connectivity index (χ0n) is 15.5. The molecule has 1 fully saturated rings. The fraction of sp³-hybridized carbons (Fsp3) is 0.381. The van der Waals surface area contributed by atoms with Crippen LogP contribution in [0.1, 0.15) is 27.5 Å². The summed E-state index contributed by atoms with van der Waals surface area (Å²) in [7, 11) is 0. The van der Waals surface area contributed by atoms with Gasteiger partial charge in [-0.15, -0.1) is 0 Å². The van der Waals surface area contributed by atoms with Crippen LogP contribution in [0.2, 0.25) is 0 Å². The maximum absolute atomic E-state index is 13.3. The molecule has 0 aromatic heterocycles. The van der Waals surface area contributed by atoms with Gasteiger partial charge in [0.1, 0.15) is 5.82 Å². The number of rotatable bonds is 7. The highest BCUT2D eigenvalue weighted by Crippen LogP contribution is 2.22. The Kier molecular flexibility index (Phi) is 7.26. The molecule has 0 bridgehead atoms. The molecule has 144 valence electrons. The molecule has 6 heteroatoms. The van der Waals surface area contributed by atoms with Crippen molar-refractivity contribution >= 4 is 17.7 Å². The summed E-state index contributed by atoms with van der Waals surface area (Å²) >= 11 is 1.73. The smallest absolute Gasteiger partial charge is 0.251 e. The Balaban J connectivity index is 1.71. The number of halogens is 1. The van der Waals surface area contributed by atoms with Gasteiger partial charge in [-0.25, -0.2) is 4.39 Å². The lowest BCUT2D eigenvalue weighted by molar-refractivity contribution is 0.0162. The molecule has 1 heterocycles. The number of carbonyl (C=O) groups excluding carboxylic acids is 1. The highest BCUT2D eigenvalue weighted by molar-refractivity contribution is 7.97. The molecule has 0 saturated carbocycles. The third-order valence-electron chi connectivity index (χ3n) is 4.70. The van der Waals surface area contributed by atoms with E-state index in [4.69, 9.17) is 4.74 Å². The van der Waals surface area contributed by atoms with Crippen molar-refractivity contribution in [1.29, 1.82) is 0 Å². The molecule has 1 saturated heterocycles. The lowest BCUT2D eigenvalue weighted by Crippen LogP contribution is -2.43. The Labute approximate surface area is 164 Å². The Morgan fingerprint density at radius 3 is 2.67 bits per heavy atom. The summed E-state index contributed by atoms with van der Waals surface area (Å²) in [4.78, 5) is 14.9. The first kappa shape index (κ1) is 19.9. The molecule has 4 nitrogen and oxygen atoms in total. The van der Waals surface area contributed by atoms with E-state index in [1.54, 1.807) is 23.9 Å². The minimum absolute atomic E-state index is 0.00664. The molecule has 1 N–H and O–H groups in total. The number of hydrogen-bond acceptors (Lipinski definition) is 4. The van der Waals surface area contributed by atoms with E-state index in [1.807, 2.05) is 30.5 Å². The fourth-order valence-electron chi connectivity index (χ4n) is 3.29. The highest BCUT2D eigenvalue weighted by Gasteiger charge is 2.23. The summed E-state index contributed by atoms with van der Waals surface area (Å²) in [6.07, 6.45) is 2.04. The molecule has 1 aliphatic rings. The standard InChI is InChI=1S/C21H25FN2O2S/c1-27-15-16-3-2-4-18(13-16)21(25)23-14-20(24-9-11-26-12-10-24)17-5-7-19(22)8-6-17/h2-8,13,20H,9-12,14-15H2,1H3,(H,23,25). The van der Waals surface area contributed by atoms with Gasteiger partial charge in [-0.1, -0.05) is 24.3 Å². The van der Waals surface area contributed by atoms with Crippen LogP contribution in [-0.2, 0) is 10.5 Å². The van der Waals surface area contributed by atoms with Gasteiger partial charge in [0.2, 0.25) is 0 Å². The molecule has 1 amide bonds. The van der Waals surface area contributed by atoms with Crippen LogP contribution >= 0.6 is 11.8 Å². The molecular formula is C21H25FN2O2S. The van der Waals surface area contributed by atoms with Crippen LogP contribution in [-0.4, -0.2) is 49.9 Å². The van der Waals surface area contributed by atoms with Gasteiger partial charge >= 0.3 is 0 Å². The number of nitrogens with zero attached hydrogens (tertiary/aromatic N) is 1. The van der Waals surface area contributed by atoms with Gasteiger partial charge < -0.3 is 10.1 Å². The Morgan fingerprint density at radius 2 is 1.96 bits per heavy atom. The number of hydrogen-bond donors (Lipinski definition) is 1. The maximum atomic E-state index is 13.3. The van der Waals surface area contributed by atoms with Crippen molar-refractivity contribution < 1.29 is 13.9 Å². The predicted molar refractivity (Wildman–Crippen MR) is 108 cm³/mol. The van der Waals surface area contributed by atoms with Crippen LogP contribution in [0.15, 0.2) is 48.5 Å². The van der Waals surface area contributed by atoms with Gasteiger partial charge in [-0.2, -0.15) is 11.8 Å². The van der Waals surface area contributed by atoms with Crippen LogP contribution in [0.5, 0.6) is 0 Å². The van der Waals surface area contributed by atoms with Gasteiger partial charge in [0, 0.05) is 31.0 Å². The molecule has 0 aliphatic carbocycles. The maximum Gasteiger partial charge on any atom is 0.251 e. The van der Waals surface area contributed by atoms with Crippen LogP contribution in [0.4, 0.5) is 4.39 Å². The van der Waals surface area contributed by atoms with Crippen molar-refractivity contribution in [2.45, 2.75) is 11.8 Å². The number of morpholine rings is 1. The summed E-state index contributed by atoms with van der Waals surface area (Å²) in [5, 5.41) is 3.06. The van der Waals surface area contributed by atoms with Crippen molar-refractivity contribution in [3.63, 3.8) is 0 Å². The van der Waals surface area contributed by atoms with Crippen molar-refractivity contribution in [3.05, 3.63) is 71.0 Å². The zero-order valence-corrected chi connectivity index (χ0v) is 16.3. The monoisotopic (exact) mass is 388 g/mol. The SMILES string of the molecule is CSCc1cccc(C(=O)NCC(c2ccc(F)cc2)N2CCOCC2)c1. The van der Waals surface area contributed by atoms with E-state index in [0.29, 0.717) is 25.3 Å². The third-order valence-corrected chi connectivity index (χ3v) is 5.32. The van der Waals surface area contributed by atoms with E-state index in [-0.39, 0.29) is 17.8 Å². The van der Waals surface area contributed by atoms with E-state index in [2.05, 4.69) is 10.2 Å². The molecule has 0 radical (unpaired) electrons. The third kappa shape index (κ3) is 5.54. The minimum Gasteiger partial charge on any atom is -0.379 e. The molecule has 27 heavy (non-hydrogen) atoms. The van der Waals surface area contributed by atoms with Crippen molar-refractivity contribution in [2.75, 3.05) is 39.1 Å².